The van der Waals surface area contributed by atoms with Crippen molar-refractivity contribution in [2.45, 2.75) is 27.3 Å². The summed E-state index contributed by atoms with van der Waals surface area (Å²) in [7, 11) is 0. The van der Waals surface area contributed by atoms with Crippen molar-refractivity contribution in [3.63, 3.8) is 0 Å². The van der Waals surface area contributed by atoms with Crippen molar-refractivity contribution in [2.75, 3.05) is 0 Å². The fraction of sp³-hybridized carbons (Fsp3) is 0.462. The summed E-state index contributed by atoms with van der Waals surface area (Å²) < 4.78 is 0. The number of carbonyl (C=O) groups excluding carboxylic acids is 1. The van der Waals surface area contributed by atoms with E-state index in [-0.39, 0.29) is 16.8 Å². The van der Waals surface area contributed by atoms with Gasteiger partial charge in [0.05, 0.1) is 10.9 Å². The first-order chi connectivity index (χ1) is 8.43. The Morgan fingerprint density at radius 3 is 2.72 bits per heavy atom. The summed E-state index contributed by atoms with van der Waals surface area (Å²) in [5.74, 6) is -0.433. The van der Waals surface area contributed by atoms with Crippen LogP contribution in [0.3, 0.4) is 0 Å². The highest BCUT2D eigenvalue weighted by Crippen LogP contribution is 2.12. The summed E-state index contributed by atoms with van der Waals surface area (Å²) in [6.45, 7) is 6.29. The number of amides is 1. The highest BCUT2D eigenvalue weighted by Gasteiger charge is 2.24. The number of thiocarbonyl (C=S) groups is 1. The number of aryl methyl sites for hydroxylation is 1. The van der Waals surface area contributed by atoms with Gasteiger partial charge >= 0.3 is 0 Å². The first kappa shape index (κ1) is 14.6. The van der Waals surface area contributed by atoms with Gasteiger partial charge in [-0.1, -0.05) is 26.1 Å². The molecule has 1 aromatic rings. The van der Waals surface area contributed by atoms with Crippen LogP contribution >= 0.6 is 12.2 Å². The van der Waals surface area contributed by atoms with Crippen LogP contribution < -0.4 is 11.1 Å². The van der Waals surface area contributed by atoms with Gasteiger partial charge in [0.2, 0.25) is 5.91 Å². The average Bonchev–Trinajstić information content (AvgIpc) is 2.27. The Bertz CT molecular complexity index is 446. The lowest BCUT2D eigenvalue weighted by atomic mass is 9.95. The Morgan fingerprint density at radius 1 is 1.56 bits per heavy atom. The van der Waals surface area contributed by atoms with Crippen LogP contribution in [0.4, 0.5) is 0 Å². The molecule has 1 unspecified atom stereocenters. The summed E-state index contributed by atoms with van der Waals surface area (Å²) in [4.78, 5) is 16.3. The fourth-order valence-corrected chi connectivity index (χ4v) is 2.13. The summed E-state index contributed by atoms with van der Waals surface area (Å²) in [5.41, 5.74) is 7.69. The van der Waals surface area contributed by atoms with Crippen LogP contribution in [0.15, 0.2) is 18.5 Å². The number of carbonyl (C=O) groups is 1. The third-order valence-electron chi connectivity index (χ3n) is 2.85. The van der Waals surface area contributed by atoms with Crippen LogP contribution in [0, 0.1) is 18.8 Å². The molecule has 1 aromatic heterocycles. The number of nitrogens with one attached hydrogen (secondary N) is 1. The van der Waals surface area contributed by atoms with Gasteiger partial charge in [-0.15, -0.1) is 0 Å². The molecule has 0 radical (unpaired) electrons. The third-order valence-corrected chi connectivity index (χ3v) is 3.10. The number of nitrogens with zero attached hydrogens (tertiary/aromatic N) is 1. The van der Waals surface area contributed by atoms with Crippen molar-refractivity contribution in [2.24, 2.45) is 17.6 Å². The molecule has 0 spiro atoms. The van der Waals surface area contributed by atoms with E-state index in [2.05, 4.69) is 10.3 Å². The number of rotatable bonds is 5. The predicted molar refractivity (Wildman–Crippen MR) is 75.9 cm³/mol. The van der Waals surface area contributed by atoms with Gasteiger partial charge < -0.3 is 11.1 Å². The van der Waals surface area contributed by atoms with Gasteiger partial charge in [0.1, 0.15) is 0 Å². The lowest BCUT2D eigenvalue weighted by Gasteiger charge is -2.19. The molecule has 0 saturated carbocycles. The van der Waals surface area contributed by atoms with Gasteiger partial charge in [-0.3, -0.25) is 9.78 Å². The number of pyridine rings is 1. The second-order valence-electron chi connectivity index (χ2n) is 4.64. The normalized spacial score (nSPS) is 12.2. The molecule has 1 amide bonds. The van der Waals surface area contributed by atoms with E-state index in [1.54, 1.807) is 12.4 Å². The summed E-state index contributed by atoms with van der Waals surface area (Å²) in [6.07, 6.45) is 3.48. The topological polar surface area (TPSA) is 68.0 Å². The van der Waals surface area contributed by atoms with E-state index in [0.29, 0.717) is 6.54 Å². The molecule has 0 aromatic carbocycles. The van der Waals surface area contributed by atoms with Gasteiger partial charge in [0, 0.05) is 18.9 Å². The third kappa shape index (κ3) is 3.77. The molecule has 0 bridgehead atoms. The molecule has 18 heavy (non-hydrogen) atoms. The fourth-order valence-electron chi connectivity index (χ4n) is 1.75. The first-order valence-corrected chi connectivity index (χ1v) is 6.30. The quantitative estimate of drug-likeness (QED) is 0.793. The van der Waals surface area contributed by atoms with E-state index in [1.165, 1.54) is 0 Å². The molecule has 0 saturated heterocycles. The Balaban J connectivity index is 2.66. The van der Waals surface area contributed by atoms with Gasteiger partial charge in [-0.2, -0.15) is 0 Å². The monoisotopic (exact) mass is 265 g/mol. The lowest BCUT2D eigenvalue weighted by molar-refractivity contribution is -0.124. The molecule has 0 aliphatic rings. The highest BCUT2D eigenvalue weighted by atomic mass is 32.1. The number of hydrogen-bond donors (Lipinski definition) is 2. The maximum Gasteiger partial charge on any atom is 0.230 e. The van der Waals surface area contributed by atoms with Crippen molar-refractivity contribution >= 4 is 23.1 Å². The Kier molecular flexibility index (Phi) is 5.22. The number of hydrogen-bond acceptors (Lipinski definition) is 3. The molecular formula is C13H19N3OS. The highest BCUT2D eigenvalue weighted by molar-refractivity contribution is 7.80. The second kappa shape index (κ2) is 6.44. The Labute approximate surface area is 113 Å². The summed E-state index contributed by atoms with van der Waals surface area (Å²) >= 11 is 4.93. The van der Waals surface area contributed by atoms with Gasteiger partial charge in [-0.25, -0.2) is 0 Å². The Hall–Kier alpha value is -1.49. The first-order valence-electron chi connectivity index (χ1n) is 5.90. The zero-order chi connectivity index (χ0) is 13.7. The molecule has 1 rings (SSSR count). The van der Waals surface area contributed by atoms with E-state index in [4.69, 9.17) is 18.0 Å². The molecule has 0 fully saturated rings. The SMILES string of the molecule is Cc1cnccc1CNC(=O)C(C(N)=S)C(C)C. The predicted octanol–water partition coefficient (Wildman–Crippen LogP) is 1.56. The van der Waals surface area contributed by atoms with E-state index < -0.39 is 5.92 Å². The van der Waals surface area contributed by atoms with Crippen molar-refractivity contribution in [3.05, 3.63) is 29.6 Å². The molecule has 5 heteroatoms. The maximum atomic E-state index is 12.0. The van der Waals surface area contributed by atoms with E-state index in [9.17, 15) is 4.79 Å². The largest absolute Gasteiger partial charge is 0.393 e. The van der Waals surface area contributed by atoms with Crippen LogP contribution in [-0.4, -0.2) is 15.9 Å². The minimum Gasteiger partial charge on any atom is -0.393 e. The van der Waals surface area contributed by atoms with E-state index in [1.807, 2.05) is 26.8 Å². The molecule has 3 N–H and O–H groups in total. The summed E-state index contributed by atoms with van der Waals surface area (Å²) in [6, 6.07) is 1.89. The molecule has 1 atom stereocenters. The molecule has 4 nitrogen and oxygen atoms in total. The van der Waals surface area contributed by atoms with Crippen molar-refractivity contribution < 1.29 is 4.79 Å². The van der Waals surface area contributed by atoms with Crippen LogP contribution in [0.2, 0.25) is 0 Å². The van der Waals surface area contributed by atoms with E-state index in [0.717, 1.165) is 11.1 Å². The molecule has 0 aliphatic carbocycles. The molecular weight excluding hydrogens is 246 g/mol. The van der Waals surface area contributed by atoms with Gasteiger partial charge in [0.15, 0.2) is 0 Å². The molecule has 1 heterocycles. The zero-order valence-electron chi connectivity index (χ0n) is 10.9. The summed E-state index contributed by atoms with van der Waals surface area (Å²) in [5, 5.41) is 2.87. The minimum absolute atomic E-state index is 0.0982. The molecule has 98 valence electrons. The van der Waals surface area contributed by atoms with Crippen LogP contribution in [0.5, 0.6) is 0 Å². The lowest BCUT2D eigenvalue weighted by Crippen LogP contribution is -2.40. The van der Waals surface area contributed by atoms with E-state index >= 15 is 0 Å². The standard InChI is InChI=1S/C13H19N3OS/c1-8(2)11(12(14)18)13(17)16-7-10-4-5-15-6-9(10)3/h4-6,8,11H,7H2,1-3H3,(H2,14,18)(H,16,17). The number of aromatic nitrogens is 1. The maximum absolute atomic E-state index is 12.0. The second-order valence-corrected chi connectivity index (χ2v) is 5.12. The zero-order valence-corrected chi connectivity index (χ0v) is 11.8. The smallest absolute Gasteiger partial charge is 0.230 e. The molecule has 0 aliphatic heterocycles. The average molecular weight is 265 g/mol. The number of nitrogens with two attached hydrogens (primary N) is 1. The van der Waals surface area contributed by atoms with Crippen LogP contribution in [0.25, 0.3) is 0 Å². The van der Waals surface area contributed by atoms with Crippen molar-refractivity contribution in [3.8, 4) is 0 Å². The van der Waals surface area contributed by atoms with Crippen molar-refractivity contribution in [1.29, 1.82) is 0 Å². The minimum atomic E-state index is -0.415. The van der Waals surface area contributed by atoms with Crippen molar-refractivity contribution in [1.82, 2.24) is 10.3 Å². The van der Waals surface area contributed by atoms with Crippen LogP contribution in [-0.2, 0) is 11.3 Å². The van der Waals surface area contributed by atoms with Gasteiger partial charge in [-0.05, 0) is 30.0 Å². The Morgan fingerprint density at radius 2 is 2.22 bits per heavy atom. The van der Waals surface area contributed by atoms with Crippen LogP contribution in [0.1, 0.15) is 25.0 Å². The van der Waals surface area contributed by atoms with Gasteiger partial charge in [0.25, 0.3) is 0 Å².